The molecule has 0 bridgehead atoms. The highest BCUT2D eigenvalue weighted by Gasteiger charge is 2.13. The fourth-order valence-corrected chi connectivity index (χ4v) is 2.05. The Kier molecular flexibility index (Phi) is 3.65. The van der Waals surface area contributed by atoms with Gasteiger partial charge in [0, 0.05) is 5.56 Å². The zero-order valence-corrected chi connectivity index (χ0v) is 11.8. The van der Waals surface area contributed by atoms with Crippen molar-refractivity contribution in [2.24, 2.45) is 5.10 Å². The van der Waals surface area contributed by atoms with E-state index in [4.69, 9.17) is 9.47 Å². The summed E-state index contributed by atoms with van der Waals surface area (Å²) in [4.78, 5) is 10.8. The van der Waals surface area contributed by atoms with Crippen LogP contribution in [0.4, 0.5) is 5.69 Å². The number of fused-ring (bicyclic) bond motifs is 1. The first-order chi connectivity index (χ1) is 10.6. The lowest BCUT2D eigenvalue weighted by Gasteiger charge is -2.07. The van der Waals surface area contributed by atoms with Crippen LogP contribution < -0.4 is 20.0 Å². The summed E-state index contributed by atoms with van der Waals surface area (Å²) in [5.41, 5.74) is 5.12. The Morgan fingerprint density at radius 1 is 1.14 bits per heavy atom. The van der Waals surface area contributed by atoms with Gasteiger partial charge in [-0.25, -0.2) is 0 Å². The second kappa shape index (κ2) is 5.77. The first-order valence-corrected chi connectivity index (χ1v) is 6.65. The van der Waals surface area contributed by atoms with E-state index in [1.165, 1.54) is 12.1 Å². The molecule has 0 aliphatic carbocycles. The number of nitrogens with one attached hydrogen (secondary N) is 1. The van der Waals surface area contributed by atoms with Gasteiger partial charge in [-0.15, -0.1) is 0 Å². The molecule has 6 heteroatoms. The minimum Gasteiger partial charge on any atom is -0.545 e. The molecule has 0 aromatic heterocycles. The number of carbonyl (C=O) groups is 1. The molecule has 0 saturated carbocycles. The van der Waals surface area contributed by atoms with Crippen LogP contribution in [0.5, 0.6) is 11.5 Å². The second-order valence-corrected chi connectivity index (χ2v) is 4.75. The summed E-state index contributed by atoms with van der Waals surface area (Å²) in [7, 11) is 0. The van der Waals surface area contributed by atoms with Crippen molar-refractivity contribution in [3.8, 4) is 11.5 Å². The summed E-state index contributed by atoms with van der Waals surface area (Å²) >= 11 is 0. The fourth-order valence-electron chi connectivity index (χ4n) is 2.05. The van der Waals surface area contributed by atoms with Gasteiger partial charge < -0.3 is 19.4 Å². The van der Waals surface area contributed by atoms with Crippen LogP contribution in [0.15, 0.2) is 47.6 Å². The second-order valence-electron chi connectivity index (χ2n) is 4.75. The maximum atomic E-state index is 10.8. The van der Waals surface area contributed by atoms with Crippen molar-refractivity contribution in [3.05, 3.63) is 53.6 Å². The number of carbonyl (C=O) groups excluding carboxylic acids is 1. The lowest BCUT2D eigenvalue weighted by atomic mass is 10.1. The topological polar surface area (TPSA) is 83.0 Å². The molecule has 6 nitrogen and oxygen atoms in total. The summed E-state index contributed by atoms with van der Waals surface area (Å²) < 4.78 is 10.6. The molecular weight excluding hydrogens is 284 g/mol. The van der Waals surface area contributed by atoms with Gasteiger partial charge in [-0.05, 0) is 42.8 Å². The first kappa shape index (κ1) is 13.9. The maximum Gasteiger partial charge on any atom is 0.231 e. The Morgan fingerprint density at radius 2 is 1.95 bits per heavy atom. The highest BCUT2D eigenvalue weighted by Crippen LogP contribution is 2.32. The molecule has 1 N–H and O–H groups in total. The van der Waals surface area contributed by atoms with E-state index in [2.05, 4.69) is 10.5 Å². The molecule has 0 spiro atoms. The molecule has 0 amide bonds. The van der Waals surface area contributed by atoms with Crippen LogP contribution in [0, 0.1) is 0 Å². The predicted octanol–water partition coefficient (Wildman–Crippen LogP) is 1.61. The van der Waals surface area contributed by atoms with E-state index < -0.39 is 5.97 Å². The Bertz CT molecular complexity index is 756. The Balaban J connectivity index is 1.77. The molecule has 0 unspecified atom stereocenters. The van der Waals surface area contributed by atoms with E-state index >= 15 is 0 Å². The van der Waals surface area contributed by atoms with Crippen LogP contribution in [0.25, 0.3) is 0 Å². The van der Waals surface area contributed by atoms with Crippen molar-refractivity contribution in [1.29, 1.82) is 0 Å². The number of carboxylic acids is 1. The van der Waals surface area contributed by atoms with Crippen LogP contribution in [-0.4, -0.2) is 18.5 Å². The molecule has 2 aromatic rings. The Morgan fingerprint density at radius 3 is 2.77 bits per heavy atom. The SMILES string of the molecule is C/C(=N/Nc1cccc(C(=O)[O-])c1)c1ccc2c(c1)OCO2. The lowest BCUT2D eigenvalue weighted by molar-refractivity contribution is -0.255. The third kappa shape index (κ3) is 2.85. The van der Waals surface area contributed by atoms with E-state index in [-0.39, 0.29) is 12.4 Å². The van der Waals surface area contributed by atoms with Crippen LogP contribution >= 0.6 is 0 Å². The molecule has 22 heavy (non-hydrogen) atoms. The van der Waals surface area contributed by atoms with E-state index in [9.17, 15) is 9.90 Å². The molecule has 3 rings (SSSR count). The van der Waals surface area contributed by atoms with Crippen LogP contribution in [0.1, 0.15) is 22.8 Å². The van der Waals surface area contributed by atoms with Gasteiger partial charge in [-0.2, -0.15) is 5.10 Å². The molecule has 1 heterocycles. The Labute approximate surface area is 127 Å². The molecule has 0 radical (unpaired) electrons. The van der Waals surface area contributed by atoms with Crippen molar-refractivity contribution in [3.63, 3.8) is 0 Å². The van der Waals surface area contributed by atoms with Crippen molar-refractivity contribution < 1.29 is 19.4 Å². The largest absolute Gasteiger partial charge is 0.545 e. The van der Waals surface area contributed by atoms with Crippen molar-refractivity contribution in [2.45, 2.75) is 6.92 Å². The zero-order chi connectivity index (χ0) is 15.5. The summed E-state index contributed by atoms with van der Waals surface area (Å²) in [6.45, 7) is 2.07. The monoisotopic (exact) mass is 297 g/mol. The highest BCUT2D eigenvalue weighted by atomic mass is 16.7. The number of benzene rings is 2. The molecule has 2 aromatic carbocycles. The highest BCUT2D eigenvalue weighted by molar-refractivity contribution is 5.99. The van der Waals surface area contributed by atoms with E-state index in [1.807, 2.05) is 25.1 Å². The average molecular weight is 297 g/mol. The number of rotatable bonds is 4. The number of hydrogen-bond donors (Lipinski definition) is 1. The van der Waals surface area contributed by atoms with Gasteiger partial charge >= 0.3 is 0 Å². The number of ether oxygens (including phenoxy) is 2. The molecule has 0 fully saturated rings. The van der Waals surface area contributed by atoms with Crippen LogP contribution in [0.2, 0.25) is 0 Å². The minimum atomic E-state index is -1.22. The molecule has 1 aliphatic heterocycles. The van der Waals surface area contributed by atoms with Gasteiger partial charge in [-0.3, -0.25) is 5.43 Å². The smallest absolute Gasteiger partial charge is 0.231 e. The van der Waals surface area contributed by atoms with Crippen molar-refractivity contribution in [1.82, 2.24) is 0 Å². The summed E-state index contributed by atoms with van der Waals surface area (Å²) in [5.74, 6) is 0.178. The molecule has 0 atom stereocenters. The fraction of sp³-hybridized carbons (Fsp3) is 0.125. The van der Waals surface area contributed by atoms with Gasteiger partial charge in [0.1, 0.15) is 0 Å². The maximum absolute atomic E-state index is 10.8. The number of carboxylic acid groups (broad SMARTS) is 1. The molecule has 1 aliphatic rings. The minimum absolute atomic E-state index is 0.0981. The standard InChI is InChI=1S/C16H14N2O4/c1-10(11-5-6-14-15(8-11)22-9-21-14)17-18-13-4-2-3-12(7-13)16(19)20/h2-8,18H,9H2,1H3,(H,19,20)/p-1/b17-10-. The van der Waals surface area contributed by atoms with E-state index in [1.54, 1.807) is 12.1 Å². The number of aromatic carboxylic acids is 1. The average Bonchev–Trinajstić information content (AvgIpc) is 3.00. The molecule has 0 saturated heterocycles. The summed E-state index contributed by atoms with van der Waals surface area (Å²) in [6, 6.07) is 11.8. The predicted molar refractivity (Wildman–Crippen MR) is 79.2 cm³/mol. The third-order valence-corrected chi connectivity index (χ3v) is 3.24. The van der Waals surface area contributed by atoms with Gasteiger partial charge in [0.15, 0.2) is 11.5 Å². The third-order valence-electron chi connectivity index (χ3n) is 3.24. The molecular formula is C16H13N2O4-. The number of hydrogen-bond acceptors (Lipinski definition) is 6. The zero-order valence-electron chi connectivity index (χ0n) is 11.8. The Hall–Kier alpha value is -3.02. The number of hydrazone groups is 1. The van der Waals surface area contributed by atoms with Crippen molar-refractivity contribution >= 4 is 17.4 Å². The van der Waals surface area contributed by atoms with E-state index in [0.29, 0.717) is 17.2 Å². The van der Waals surface area contributed by atoms with Gasteiger partial charge in [0.2, 0.25) is 6.79 Å². The van der Waals surface area contributed by atoms with Crippen LogP contribution in [0.3, 0.4) is 0 Å². The van der Waals surface area contributed by atoms with Crippen molar-refractivity contribution in [2.75, 3.05) is 12.2 Å². The molecule has 112 valence electrons. The normalized spacial score (nSPS) is 13.0. The summed E-state index contributed by atoms with van der Waals surface area (Å²) in [6.07, 6.45) is 0. The van der Waals surface area contributed by atoms with Crippen LogP contribution in [-0.2, 0) is 0 Å². The van der Waals surface area contributed by atoms with Gasteiger partial charge in [0.25, 0.3) is 0 Å². The van der Waals surface area contributed by atoms with Gasteiger partial charge in [-0.1, -0.05) is 12.1 Å². The first-order valence-electron chi connectivity index (χ1n) is 6.65. The quantitative estimate of drug-likeness (QED) is 0.685. The number of nitrogens with zero attached hydrogens (tertiary/aromatic N) is 1. The number of anilines is 1. The summed E-state index contributed by atoms with van der Waals surface area (Å²) in [5, 5.41) is 15.1. The van der Waals surface area contributed by atoms with E-state index in [0.717, 1.165) is 11.3 Å². The lowest BCUT2D eigenvalue weighted by Crippen LogP contribution is -2.22. The van der Waals surface area contributed by atoms with Gasteiger partial charge in [0.05, 0.1) is 17.4 Å².